The lowest BCUT2D eigenvalue weighted by atomic mass is 9.89. The van der Waals surface area contributed by atoms with Crippen molar-refractivity contribution in [2.24, 2.45) is 0 Å². The summed E-state index contributed by atoms with van der Waals surface area (Å²) in [5.41, 5.74) is 5.76. The standard InChI is InChI=1S/C22H22ClN5/c23-18-4-1-3-16(11-18)21-17(12-26-27-21)14-28-9-6-15(7-10-28)20-13-25-22-19(20)5-2-8-24-22/h1-5,8,11-13,15H,6-7,9-10,14H2,(H,24,25)(H,26,27). The van der Waals surface area contributed by atoms with Crippen LogP contribution >= 0.6 is 11.6 Å². The van der Waals surface area contributed by atoms with Gasteiger partial charge in [-0.1, -0.05) is 23.7 Å². The molecule has 1 fully saturated rings. The Kier molecular flexibility index (Phi) is 4.63. The summed E-state index contributed by atoms with van der Waals surface area (Å²) in [4.78, 5) is 10.3. The maximum atomic E-state index is 6.16. The Morgan fingerprint density at radius 3 is 2.89 bits per heavy atom. The first-order valence-electron chi connectivity index (χ1n) is 9.70. The highest BCUT2D eigenvalue weighted by molar-refractivity contribution is 6.30. The molecule has 5 rings (SSSR count). The number of benzene rings is 1. The summed E-state index contributed by atoms with van der Waals surface area (Å²) in [6.07, 6.45) is 8.24. The third-order valence-corrected chi connectivity index (χ3v) is 5.97. The van der Waals surface area contributed by atoms with Gasteiger partial charge in [0.25, 0.3) is 0 Å². The lowest BCUT2D eigenvalue weighted by Crippen LogP contribution is -2.32. The summed E-state index contributed by atoms with van der Waals surface area (Å²) in [6.45, 7) is 3.07. The van der Waals surface area contributed by atoms with E-state index < -0.39 is 0 Å². The predicted molar refractivity (Wildman–Crippen MR) is 112 cm³/mol. The molecule has 1 aromatic carbocycles. The van der Waals surface area contributed by atoms with Gasteiger partial charge in [-0.3, -0.25) is 10.00 Å². The van der Waals surface area contributed by atoms with Crippen LogP contribution in [-0.4, -0.2) is 38.2 Å². The minimum atomic E-state index is 0.589. The molecular weight excluding hydrogens is 370 g/mol. The number of piperidine rings is 1. The van der Waals surface area contributed by atoms with Crippen LogP contribution in [0.3, 0.4) is 0 Å². The number of aromatic nitrogens is 4. The van der Waals surface area contributed by atoms with Crippen LogP contribution in [-0.2, 0) is 6.54 Å². The highest BCUT2D eigenvalue weighted by Gasteiger charge is 2.24. The van der Waals surface area contributed by atoms with Gasteiger partial charge in [0.2, 0.25) is 0 Å². The topological polar surface area (TPSA) is 60.6 Å². The number of halogens is 1. The third-order valence-electron chi connectivity index (χ3n) is 5.74. The molecule has 0 unspecified atom stereocenters. The number of nitrogens with one attached hydrogen (secondary N) is 2. The van der Waals surface area contributed by atoms with Crippen molar-refractivity contribution in [3.63, 3.8) is 0 Å². The summed E-state index contributed by atoms with van der Waals surface area (Å²) in [5.74, 6) is 0.589. The first-order chi connectivity index (χ1) is 13.8. The molecule has 0 aliphatic carbocycles. The van der Waals surface area contributed by atoms with Crippen molar-refractivity contribution < 1.29 is 0 Å². The Labute approximate surface area is 168 Å². The molecule has 1 aliphatic rings. The van der Waals surface area contributed by atoms with E-state index in [-0.39, 0.29) is 0 Å². The number of fused-ring (bicyclic) bond motifs is 1. The average molecular weight is 392 g/mol. The van der Waals surface area contributed by atoms with Crippen LogP contribution in [0.2, 0.25) is 5.02 Å². The predicted octanol–water partition coefficient (Wildman–Crippen LogP) is 4.99. The Balaban J connectivity index is 1.28. The number of aromatic amines is 2. The van der Waals surface area contributed by atoms with E-state index in [0.29, 0.717) is 5.92 Å². The largest absolute Gasteiger partial charge is 0.346 e. The van der Waals surface area contributed by atoms with Gasteiger partial charge < -0.3 is 4.98 Å². The lowest BCUT2D eigenvalue weighted by Gasteiger charge is -2.31. The Hall–Kier alpha value is -2.63. The number of rotatable bonds is 4. The van der Waals surface area contributed by atoms with Gasteiger partial charge in [-0.15, -0.1) is 0 Å². The van der Waals surface area contributed by atoms with E-state index in [9.17, 15) is 0 Å². The van der Waals surface area contributed by atoms with Crippen molar-refractivity contribution in [2.75, 3.05) is 13.1 Å². The van der Waals surface area contributed by atoms with Crippen molar-refractivity contribution in [2.45, 2.75) is 25.3 Å². The number of likely N-dealkylation sites (tertiary alicyclic amines) is 1. The maximum absolute atomic E-state index is 6.16. The van der Waals surface area contributed by atoms with Crippen molar-refractivity contribution in [3.8, 4) is 11.3 Å². The number of H-pyrrole nitrogens is 2. The van der Waals surface area contributed by atoms with Crippen molar-refractivity contribution in [1.29, 1.82) is 0 Å². The molecule has 0 radical (unpaired) electrons. The fraction of sp³-hybridized carbons (Fsp3) is 0.273. The molecule has 2 N–H and O–H groups in total. The van der Waals surface area contributed by atoms with E-state index in [1.54, 1.807) is 0 Å². The first kappa shape index (κ1) is 17.5. The monoisotopic (exact) mass is 391 g/mol. The quantitative estimate of drug-likeness (QED) is 0.515. The second-order valence-electron chi connectivity index (χ2n) is 7.47. The summed E-state index contributed by atoms with van der Waals surface area (Å²) >= 11 is 6.16. The molecule has 0 spiro atoms. The zero-order valence-electron chi connectivity index (χ0n) is 15.5. The van der Waals surface area contributed by atoms with E-state index in [0.717, 1.165) is 54.4 Å². The molecule has 4 aromatic rings. The molecule has 0 amide bonds. The average Bonchev–Trinajstić information content (AvgIpc) is 3.36. The fourth-order valence-corrected chi connectivity index (χ4v) is 4.47. The minimum absolute atomic E-state index is 0.589. The summed E-state index contributed by atoms with van der Waals surface area (Å²) in [6, 6.07) is 12.1. The number of hydrogen-bond acceptors (Lipinski definition) is 3. The highest BCUT2D eigenvalue weighted by Crippen LogP contribution is 2.33. The van der Waals surface area contributed by atoms with Gasteiger partial charge in [-0.2, -0.15) is 5.10 Å². The van der Waals surface area contributed by atoms with E-state index in [2.05, 4.69) is 43.4 Å². The summed E-state index contributed by atoms with van der Waals surface area (Å²) < 4.78 is 0. The van der Waals surface area contributed by atoms with Gasteiger partial charge in [0.05, 0.1) is 11.9 Å². The van der Waals surface area contributed by atoms with Crippen molar-refractivity contribution in [1.82, 2.24) is 25.1 Å². The SMILES string of the molecule is Clc1cccc(-c2[nH]ncc2CN2CCC(c3c[nH]c4ncccc34)CC2)c1. The first-order valence-corrected chi connectivity index (χ1v) is 10.1. The lowest BCUT2D eigenvalue weighted by molar-refractivity contribution is 0.205. The van der Waals surface area contributed by atoms with Crippen LogP contribution < -0.4 is 0 Å². The van der Waals surface area contributed by atoms with Crippen LogP contribution in [0.15, 0.2) is 55.0 Å². The summed E-state index contributed by atoms with van der Waals surface area (Å²) in [5, 5.41) is 9.43. The third kappa shape index (κ3) is 3.32. The fourth-order valence-electron chi connectivity index (χ4n) is 4.28. The highest BCUT2D eigenvalue weighted by atomic mass is 35.5. The van der Waals surface area contributed by atoms with Crippen LogP contribution in [0.1, 0.15) is 29.9 Å². The molecule has 4 heterocycles. The van der Waals surface area contributed by atoms with Crippen LogP contribution in [0.25, 0.3) is 22.3 Å². The van der Waals surface area contributed by atoms with Crippen LogP contribution in [0.5, 0.6) is 0 Å². The molecule has 5 nitrogen and oxygen atoms in total. The van der Waals surface area contributed by atoms with Gasteiger partial charge >= 0.3 is 0 Å². The number of pyridine rings is 1. The van der Waals surface area contributed by atoms with Gasteiger partial charge in [-0.05, 0) is 61.7 Å². The smallest absolute Gasteiger partial charge is 0.137 e. The molecule has 6 heteroatoms. The Morgan fingerprint density at radius 1 is 1.14 bits per heavy atom. The molecule has 142 valence electrons. The van der Waals surface area contributed by atoms with Gasteiger partial charge in [0.15, 0.2) is 0 Å². The zero-order valence-corrected chi connectivity index (χ0v) is 16.3. The van der Waals surface area contributed by atoms with E-state index in [1.165, 1.54) is 16.5 Å². The molecule has 28 heavy (non-hydrogen) atoms. The van der Waals surface area contributed by atoms with Crippen molar-refractivity contribution >= 4 is 22.6 Å². The van der Waals surface area contributed by atoms with E-state index in [1.807, 2.05) is 36.7 Å². The second kappa shape index (κ2) is 7.41. The molecule has 3 aromatic heterocycles. The molecule has 1 aliphatic heterocycles. The van der Waals surface area contributed by atoms with Crippen LogP contribution in [0, 0.1) is 0 Å². The van der Waals surface area contributed by atoms with E-state index >= 15 is 0 Å². The summed E-state index contributed by atoms with van der Waals surface area (Å²) in [7, 11) is 0. The van der Waals surface area contributed by atoms with Gasteiger partial charge in [-0.25, -0.2) is 4.98 Å². The minimum Gasteiger partial charge on any atom is -0.346 e. The number of nitrogens with zero attached hydrogens (tertiary/aromatic N) is 3. The van der Waals surface area contributed by atoms with Crippen molar-refractivity contribution in [3.05, 3.63) is 71.1 Å². The second-order valence-corrected chi connectivity index (χ2v) is 7.91. The number of hydrogen-bond donors (Lipinski definition) is 2. The Morgan fingerprint density at radius 2 is 2.04 bits per heavy atom. The Bertz CT molecular complexity index is 1090. The molecule has 0 bridgehead atoms. The molecule has 0 atom stereocenters. The molecular formula is C22H22ClN5. The van der Waals surface area contributed by atoms with E-state index in [4.69, 9.17) is 11.6 Å². The van der Waals surface area contributed by atoms with Gasteiger partial charge in [0.1, 0.15) is 5.65 Å². The maximum Gasteiger partial charge on any atom is 0.137 e. The van der Waals surface area contributed by atoms with Crippen LogP contribution in [0.4, 0.5) is 0 Å². The molecule has 1 saturated heterocycles. The zero-order chi connectivity index (χ0) is 18.9. The van der Waals surface area contributed by atoms with Gasteiger partial charge in [0, 0.05) is 40.5 Å². The molecule has 0 saturated carbocycles. The normalized spacial score (nSPS) is 16.0.